The third kappa shape index (κ3) is 2.36. The maximum absolute atomic E-state index is 11.3. The predicted octanol–water partition coefficient (Wildman–Crippen LogP) is 1.42. The highest BCUT2D eigenvalue weighted by Crippen LogP contribution is 2.30. The highest BCUT2D eigenvalue weighted by molar-refractivity contribution is 6.30. The van der Waals surface area contributed by atoms with E-state index in [1.807, 2.05) is 0 Å². The maximum atomic E-state index is 11.3. The average molecular weight is 231 g/mol. The van der Waals surface area contributed by atoms with Crippen LogP contribution < -0.4 is 4.74 Å². The summed E-state index contributed by atoms with van der Waals surface area (Å²) >= 11 is 5.87. The van der Waals surface area contributed by atoms with Gasteiger partial charge in [-0.1, -0.05) is 11.6 Å². The van der Waals surface area contributed by atoms with Gasteiger partial charge >= 0.3 is 5.97 Å². The summed E-state index contributed by atoms with van der Waals surface area (Å²) in [4.78, 5) is 19.0. The molecule has 6 heteroatoms. The first-order valence-electron chi connectivity index (χ1n) is 4.24. The summed E-state index contributed by atoms with van der Waals surface area (Å²) in [7, 11) is 2.76. The predicted molar refractivity (Wildman–Crippen MR) is 54.0 cm³/mol. The first-order chi connectivity index (χ1) is 7.11. The van der Waals surface area contributed by atoms with Crippen molar-refractivity contribution in [3.05, 3.63) is 17.0 Å². The van der Waals surface area contributed by atoms with Gasteiger partial charge in [0.2, 0.25) is 5.88 Å². The fraction of sp³-hybridized carbons (Fsp3) is 0.444. The van der Waals surface area contributed by atoms with Crippen LogP contribution in [0.5, 0.6) is 5.88 Å². The van der Waals surface area contributed by atoms with Crippen molar-refractivity contribution >= 4 is 17.6 Å². The quantitative estimate of drug-likeness (QED) is 0.581. The van der Waals surface area contributed by atoms with Crippen LogP contribution in [0.2, 0.25) is 5.15 Å². The largest absolute Gasteiger partial charge is 0.481 e. The van der Waals surface area contributed by atoms with Crippen LogP contribution in [0.3, 0.4) is 0 Å². The summed E-state index contributed by atoms with van der Waals surface area (Å²) in [6.45, 7) is 1.65. The minimum absolute atomic E-state index is 0.194. The second kappa shape index (κ2) is 4.93. The number of ether oxygens (including phenoxy) is 2. The highest BCUT2D eigenvalue weighted by Gasteiger charge is 2.24. The zero-order valence-corrected chi connectivity index (χ0v) is 9.41. The molecule has 1 rings (SSSR count). The number of hydrogen-bond acceptors (Lipinski definition) is 5. The number of aromatic nitrogens is 2. The zero-order chi connectivity index (χ0) is 11.4. The molecule has 0 fully saturated rings. The summed E-state index contributed by atoms with van der Waals surface area (Å²) < 4.78 is 9.61. The van der Waals surface area contributed by atoms with E-state index in [2.05, 4.69) is 14.7 Å². The smallest absolute Gasteiger partial charge is 0.313 e. The number of carbonyl (C=O) groups is 1. The van der Waals surface area contributed by atoms with Crippen LogP contribution in [0.4, 0.5) is 0 Å². The van der Waals surface area contributed by atoms with Gasteiger partial charge in [0.05, 0.1) is 25.7 Å². The van der Waals surface area contributed by atoms with Crippen molar-refractivity contribution in [3.63, 3.8) is 0 Å². The molecular weight excluding hydrogens is 220 g/mol. The summed E-state index contributed by atoms with van der Waals surface area (Å²) in [5, 5.41) is 0.194. The first-order valence-corrected chi connectivity index (χ1v) is 4.61. The zero-order valence-electron chi connectivity index (χ0n) is 8.65. The molecule has 15 heavy (non-hydrogen) atoms. The number of rotatable bonds is 3. The van der Waals surface area contributed by atoms with Gasteiger partial charge in [-0.3, -0.25) is 4.79 Å². The molecule has 1 aromatic heterocycles. The van der Waals surface area contributed by atoms with Crippen molar-refractivity contribution in [1.29, 1.82) is 0 Å². The minimum atomic E-state index is -0.557. The van der Waals surface area contributed by atoms with E-state index in [9.17, 15) is 4.79 Å². The van der Waals surface area contributed by atoms with Crippen LogP contribution in [0.15, 0.2) is 6.33 Å². The van der Waals surface area contributed by atoms with Gasteiger partial charge in [-0.25, -0.2) is 9.97 Å². The Labute approximate surface area is 92.4 Å². The van der Waals surface area contributed by atoms with E-state index in [1.165, 1.54) is 20.5 Å². The van der Waals surface area contributed by atoms with Crippen molar-refractivity contribution in [2.45, 2.75) is 12.8 Å². The lowest BCUT2D eigenvalue weighted by atomic mass is 10.0. The Morgan fingerprint density at radius 2 is 2.13 bits per heavy atom. The Morgan fingerprint density at radius 3 is 2.67 bits per heavy atom. The van der Waals surface area contributed by atoms with Gasteiger partial charge in [0.25, 0.3) is 0 Å². The number of carbonyl (C=O) groups excluding carboxylic acids is 1. The van der Waals surface area contributed by atoms with Gasteiger partial charge < -0.3 is 9.47 Å². The van der Waals surface area contributed by atoms with Crippen molar-refractivity contribution < 1.29 is 14.3 Å². The number of esters is 1. The Balaban J connectivity index is 3.16. The van der Waals surface area contributed by atoms with Crippen LogP contribution >= 0.6 is 11.6 Å². The standard InChI is InChI=1S/C9H11ClN2O3/c1-5(9(13)15-3)6-7(10)11-4-12-8(6)14-2/h4-5H,1-3H3. The van der Waals surface area contributed by atoms with E-state index >= 15 is 0 Å². The Bertz CT molecular complexity index is 370. The topological polar surface area (TPSA) is 61.3 Å². The van der Waals surface area contributed by atoms with Crippen LogP contribution in [-0.4, -0.2) is 30.2 Å². The third-order valence-electron chi connectivity index (χ3n) is 1.98. The normalized spacial score (nSPS) is 12.0. The number of halogens is 1. The molecule has 82 valence electrons. The van der Waals surface area contributed by atoms with E-state index in [4.69, 9.17) is 16.3 Å². The molecule has 0 saturated heterocycles. The number of nitrogens with zero attached hydrogens (tertiary/aromatic N) is 2. The van der Waals surface area contributed by atoms with Crippen molar-refractivity contribution in [2.75, 3.05) is 14.2 Å². The van der Waals surface area contributed by atoms with Gasteiger partial charge in [-0.15, -0.1) is 0 Å². The monoisotopic (exact) mass is 230 g/mol. The average Bonchev–Trinajstić information content (AvgIpc) is 2.26. The van der Waals surface area contributed by atoms with E-state index in [0.29, 0.717) is 5.56 Å². The molecule has 0 aliphatic carbocycles. The fourth-order valence-electron chi connectivity index (χ4n) is 1.18. The first kappa shape index (κ1) is 11.7. The molecule has 0 bridgehead atoms. The second-order valence-electron chi connectivity index (χ2n) is 2.83. The fourth-order valence-corrected chi connectivity index (χ4v) is 1.47. The number of hydrogen-bond donors (Lipinski definition) is 0. The molecule has 0 aliphatic heterocycles. The Morgan fingerprint density at radius 1 is 1.47 bits per heavy atom. The summed E-state index contributed by atoms with van der Waals surface area (Å²) in [5.74, 6) is -0.684. The summed E-state index contributed by atoms with van der Waals surface area (Å²) in [6, 6.07) is 0. The highest BCUT2D eigenvalue weighted by atomic mass is 35.5. The maximum Gasteiger partial charge on any atom is 0.313 e. The van der Waals surface area contributed by atoms with E-state index < -0.39 is 11.9 Å². The van der Waals surface area contributed by atoms with Crippen molar-refractivity contribution in [2.24, 2.45) is 0 Å². The SMILES string of the molecule is COC(=O)C(C)c1c(Cl)ncnc1OC. The molecule has 0 aromatic carbocycles. The van der Waals surface area contributed by atoms with Gasteiger partial charge in [-0.2, -0.15) is 0 Å². The summed E-state index contributed by atoms with van der Waals surface area (Å²) in [5.41, 5.74) is 0.438. The lowest BCUT2D eigenvalue weighted by molar-refractivity contribution is -0.142. The van der Waals surface area contributed by atoms with Gasteiger partial charge in [0, 0.05) is 0 Å². The molecule has 1 heterocycles. The van der Waals surface area contributed by atoms with Gasteiger partial charge in [0.1, 0.15) is 11.5 Å². The molecule has 0 radical (unpaired) electrons. The van der Waals surface area contributed by atoms with Crippen molar-refractivity contribution in [3.8, 4) is 5.88 Å². The van der Waals surface area contributed by atoms with Gasteiger partial charge in [-0.05, 0) is 6.92 Å². The molecule has 0 amide bonds. The third-order valence-corrected chi connectivity index (χ3v) is 2.28. The van der Waals surface area contributed by atoms with E-state index in [-0.39, 0.29) is 11.0 Å². The lowest BCUT2D eigenvalue weighted by Crippen LogP contribution is -2.13. The Kier molecular flexibility index (Phi) is 3.85. The Hall–Kier alpha value is -1.36. The molecule has 0 N–H and O–H groups in total. The minimum Gasteiger partial charge on any atom is -0.481 e. The summed E-state index contributed by atoms with van der Waals surface area (Å²) in [6.07, 6.45) is 1.27. The van der Waals surface area contributed by atoms with E-state index in [1.54, 1.807) is 6.92 Å². The molecule has 1 unspecified atom stereocenters. The molecule has 0 spiro atoms. The lowest BCUT2D eigenvalue weighted by Gasteiger charge is -2.13. The molecule has 1 aromatic rings. The molecular formula is C9H11ClN2O3. The molecule has 1 atom stereocenters. The number of methoxy groups -OCH3 is 2. The van der Waals surface area contributed by atoms with Gasteiger partial charge in [0.15, 0.2) is 0 Å². The molecule has 5 nitrogen and oxygen atoms in total. The molecule has 0 aliphatic rings. The molecule has 0 saturated carbocycles. The second-order valence-corrected chi connectivity index (χ2v) is 3.19. The van der Waals surface area contributed by atoms with Crippen molar-refractivity contribution in [1.82, 2.24) is 9.97 Å². The van der Waals surface area contributed by atoms with Crippen LogP contribution in [-0.2, 0) is 9.53 Å². The van der Waals surface area contributed by atoms with Crippen LogP contribution in [0.25, 0.3) is 0 Å². The van der Waals surface area contributed by atoms with Crippen LogP contribution in [0.1, 0.15) is 18.4 Å². The van der Waals surface area contributed by atoms with E-state index in [0.717, 1.165) is 0 Å². The van der Waals surface area contributed by atoms with Crippen LogP contribution in [0, 0.1) is 0 Å².